The molecule has 116 valence electrons. The minimum absolute atomic E-state index is 0.0480. The average Bonchev–Trinajstić information content (AvgIpc) is 2.44. The van der Waals surface area contributed by atoms with Gasteiger partial charge in [-0.15, -0.1) is 0 Å². The van der Waals surface area contributed by atoms with Crippen LogP contribution in [-0.2, 0) is 11.0 Å². The fourth-order valence-electron chi connectivity index (χ4n) is 1.53. The van der Waals surface area contributed by atoms with Crippen LogP contribution in [0.3, 0.4) is 0 Å². The van der Waals surface area contributed by atoms with Crippen molar-refractivity contribution in [3.63, 3.8) is 0 Å². The molecule has 0 aliphatic carbocycles. The Kier molecular flexibility index (Phi) is 4.92. The van der Waals surface area contributed by atoms with E-state index in [9.17, 15) is 18.0 Å². The van der Waals surface area contributed by atoms with Crippen LogP contribution in [0.5, 0.6) is 0 Å². The van der Waals surface area contributed by atoms with Crippen LogP contribution in [0.4, 0.5) is 13.2 Å². The maximum atomic E-state index is 12.9. The predicted octanol–water partition coefficient (Wildman–Crippen LogP) is 3.99. The van der Waals surface area contributed by atoms with E-state index in [2.05, 4.69) is 9.97 Å². The first-order chi connectivity index (χ1) is 10.3. The molecule has 2 aromatic rings. The summed E-state index contributed by atoms with van der Waals surface area (Å²) in [7, 11) is 0. The van der Waals surface area contributed by atoms with Gasteiger partial charge in [-0.25, -0.2) is 9.97 Å². The van der Waals surface area contributed by atoms with E-state index in [1.54, 1.807) is 0 Å². The van der Waals surface area contributed by atoms with Gasteiger partial charge in [0.05, 0.1) is 11.4 Å². The number of aromatic nitrogens is 2. The zero-order chi connectivity index (χ0) is 16.3. The van der Waals surface area contributed by atoms with Crippen molar-refractivity contribution in [3.05, 3.63) is 41.0 Å². The molecule has 0 spiro atoms. The first-order valence-electron chi connectivity index (χ1n) is 5.82. The third-order valence-electron chi connectivity index (χ3n) is 2.46. The Morgan fingerprint density at radius 2 is 1.86 bits per heavy atom. The summed E-state index contributed by atoms with van der Waals surface area (Å²) >= 11 is 6.36. The largest absolute Gasteiger partial charge is 0.481 e. The number of rotatable bonds is 4. The molecule has 0 aliphatic rings. The van der Waals surface area contributed by atoms with Crippen LogP contribution in [0.2, 0.25) is 5.02 Å². The molecule has 0 fully saturated rings. The number of carbonyl (C=O) groups is 1. The lowest BCUT2D eigenvalue weighted by molar-refractivity contribution is -0.141. The van der Waals surface area contributed by atoms with Gasteiger partial charge in [-0.05, 0) is 18.2 Å². The molecule has 1 heterocycles. The Labute approximate surface area is 132 Å². The Morgan fingerprint density at radius 1 is 1.23 bits per heavy atom. The van der Waals surface area contributed by atoms with Crippen molar-refractivity contribution < 1.29 is 23.1 Å². The van der Waals surface area contributed by atoms with Gasteiger partial charge < -0.3 is 5.11 Å². The summed E-state index contributed by atoms with van der Waals surface area (Å²) in [5, 5.41) is 8.80. The summed E-state index contributed by atoms with van der Waals surface area (Å²) in [5.41, 5.74) is -0.651. The third kappa shape index (κ3) is 4.35. The highest BCUT2D eigenvalue weighted by Gasteiger charge is 2.33. The summed E-state index contributed by atoms with van der Waals surface area (Å²) in [6, 6.07) is 6.91. The van der Waals surface area contributed by atoms with Crippen LogP contribution in [0.1, 0.15) is 5.69 Å². The van der Waals surface area contributed by atoms with E-state index in [1.807, 2.05) is 0 Å². The van der Waals surface area contributed by atoms with Gasteiger partial charge in [0, 0.05) is 10.6 Å². The zero-order valence-corrected chi connectivity index (χ0v) is 12.3. The second kappa shape index (κ2) is 6.53. The molecule has 0 amide bonds. The van der Waals surface area contributed by atoms with E-state index in [0.717, 1.165) is 6.07 Å². The summed E-state index contributed by atoms with van der Waals surface area (Å²) < 4.78 is 38.7. The lowest BCUT2D eigenvalue weighted by Gasteiger charge is -2.10. The maximum absolute atomic E-state index is 12.9. The molecule has 0 aliphatic heterocycles. The van der Waals surface area contributed by atoms with Crippen LogP contribution in [-0.4, -0.2) is 26.8 Å². The van der Waals surface area contributed by atoms with Gasteiger partial charge in [-0.1, -0.05) is 35.5 Å². The van der Waals surface area contributed by atoms with Crippen molar-refractivity contribution in [2.24, 2.45) is 0 Å². The monoisotopic (exact) mass is 348 g/mol. The summed E-state index contributed by atoms with van der Waals surface area (Å²) in [6.45, 7) is 0. The molecule has 2 rings (SSSR count). The molecule has 0 radical (unpaired) electrons. The average molecular weight is 349 g/mol. The highest BCUT2D eigenvalue weighted by Crippen LogP contribution is 2.32. The van der Waals surface area contributed by atoms with Crippen molar-refractivity contribution in [1.82, 2.24) is 9.97 Å². The van der Waals surface area contributed by atoms with E-state index >= 15 is 0 Å². The van der Waals surface area contributed by atoms with E-state index in [1.165, 1.54) is 24.3 Å². The van der Waals surface area contributed by atoms with E-state index in [4.69, 9.17) is 16.7 Å². The van der Waals surface area contributed by atoms with E-state index in [0.29, 0.717) is 22.3 Å². The van der Waals surface area contributed by atoms with Crippen LogP contribution in [0.15, 0.2) is 35.5 Å². The first-order valence-corrected chi connectivity index (χ1v) is 7.19. The van der Waals surface area contributed by atoms with Crippen molar-refractivity contribution in [2.75, 3.05) is 5.75 Å². The summed E-state index contributed by atoms with van der Waals surface area (Å²) in [4.78, 5) is 17.9. The Bertz CT molecular complexity index is 693. The quantitative estimate of drug-likeness (QED) is 0.668. The minimum Gasteiger partial charge on any atom is -0.481 e. The fraction of sp³-hybridized carbons (Fsp3) is 0.154. The molecular weight excluding hydrogens is 341 g/mol. The van der Waals surface area contributed by atoms with E-state index < -0.39 is 23.6 Å². The van der Waals surface area contributed by atoms with Crippen LogP contribution >= 0.6 is 23.4 Å². The molecule has 0 atom stereocenters. The number of halogens is 4. The molecular formula is C13H8ClF3N2O2S. The van der Waals surface area contributed by atoms with Crippen LogP contribution in [0, 0.1) is 0 Å². The minimum atomic E-state index is -4.65. The van der Waals surface area contributed by atoms with Gasteiger partial charge in [-0.2, -0.15) is 13.2 Å². The molecule has 22 heavy (non-hydrogen) atoms. The lowest BCUT2D eigenvalue weighted by atomic mass is 10.1. The third-order valence-corrected chi connectivity index (χ3v) is 3.54. The number of nitrogens with zero attached hydrogens (tertiary/aromatic N) is 2. The van der Waals surface area contributed by atoms with Gasteiger partial charge in [0.15, 0.2) is 5.16 Å². The van der Waals surface area contributed by atoms with Gasteiger partial charge in [-0.3, -0.25) is 4.79 Å². The molecule has 4 nitrogen and oxygen atoms in total. The second-order valence-corrected chi connectivity index (χ2v) is 5.49. The van der Waals surface area contributed by atoms with Crippen molar-refractivity contribution in [3.8, 4) is 11.3 Å². The van der Waals surface area contributed by atoms with Gasteiger partial charge in [0.25, 0.3) is 0 Å². The fourth-order valence-corrected chi connectivity index (χ4v) is 2.23. The van der Waals surface area contributed by atoms with Gasteiger partial charge in [0.2, 0.25) is 0 Å². The molecule has 0 saturated carbocycles. The maximum Gasteiger partial charge on any atom is 0.433 e. The van der Waals surface area contributed by atoms with E-state index in [-0.39, 0.29) is 10.9 Å². The SMILES string of the molecule is O=C(O)CSc1nc(-c2ccc(Cl)cc2)cc(C(F)(F)F)n1. The highest BCUT2D eigenvalue weighted by molar-refractivity contribution is 7.99. The molecule has 1 N–H and O–H groups in total. The van der Waals surface area contributed by atoms with Gasteiger partial charge in [0.1, 0.15) is 5.69 Å². The van der Waals surface area contributed by atoms with Crippen molar-refractivity contribution in [1.29, 1.82) is 0 Å². The number of carboxylic acids is 1. The molecule has 9 heteroatoms. The smallest absolute Gasteiger partial charge is 0.433 e. The van der Waals surface area contributed by atoms with Gasteiger partial charge >= 0.3 is 12.1 Å². The molecule has 0 saturated heterocycles. The summed E-state index contributed by atoms with van der Waals surface area (Å²) in [5.74, 6) is -1.60. The van der Waals surface area contributed by atoms with Crippen molar-refractivity contribution >= 4 is 29.3 Å². The Balaban J connectivity index is 2.45. The zero-order valence-electron chi connectivity index (χ0n) is 10.8. The Morgan fingerprint density at radius 3 is 2.41 bits per heavy atom. The predicted molar refractivity (Wildman–Crippen MR) is 75.8 cm³/mol. The van der Waals surface area contributed by atoms with Crippen LogP contribution < -0.4 is 0 Å². The lowest BCUT2D eigenvalue weighted by Crippen LogP contribution is -2.10. The number of hydrogen-bond donors (Lipinski definition) is 1. The van der Waals surface area contributed by atoms with Crippen LogP contribution in [0.25, 0.3) is 11.3 Å². The number of thioether (sulfide) groups is 1. The number of benzene rings is 1. The number of carboxylic acid groups (broad SMARTS) is 1. The summed E-state index contributed by atoms with van der Waals surface area (Å²) in [6.07, 6.45) is -4.65. The first kappa shape index (κ1) is 16.6. The number of aliphatic carboxylic acids is 1. The normalized spacial score (nSPS) is 11.5. The number of alkyl halides is 3. The highest BCUT2D eigenvalue weighted by atomic mass is 35.5. The molecule has 1 aromatic carbocycles. The molecule has 0 unspecified atom stereocenters. The standard InChI is InChI=1S/C13H8ClF3N2O2S/c14-8-3-1-7(2-4-8)9-5-10(13(15,16)17)19-12(18-9)22-6-11(20)21/h1-5H,6H2,(H,20,21). The molecule has 1 aromatic heterocycles. The number of hydrogen-bond acceptors (Lipinski definition) is 4. The topological polar surface area (TPSA) is 63.1 Å². The van der Waals surface area contributed by atoms with Crippen molar-refractivity contribution in [2.45, 2.75) is 11.3 Å². The Hall–Kier alpha value is -1.80. The molecule has 0 bridgehead atoms. The second-order valence-electron chi connectivity index (χ2n) is 4.11.